The zero-order chi connectivity index (χ0) is 18.7. The molecule has 5 nitrogen and oxygen atoms in total. The van der Waals surface area contributed by atoms with Gasteiger partial charge < -0.3 is 14.9 Å². The van der Waals surface area contributed by atoms with E-state index in [1.54, 1.807) is 0 Å². The average molecular weight is 358 g/mol. The number of aliphatic carboxylic acids is 1. The van der Waals surface area contributed by atoms with Crippen LogP contribution in [0, 0.1) is 5.41 Å². The SMILES string of the molecule is CCCCc1ccc(C(=O)N2CC[C@@]3(C(=O)O)CCCN(C)[C@@H]3C2)cc1. The van der Waals surface area contributed by atoms with Crippen molar-refractivity contribution in [3.05, 3.63) is 35.4 Å². The molecule has 0 unspecified atom stereocenters. The third kappa shape index (κ3) is 3.50. The Hall–Kier alpha value is -1.88. The highest BCUT2D eigenvalue weighted by atomic mass is 16.4. The number of hydrogen-bond acceptors (Lipinski definition) is 3. The first-order chi connectivity index (χ1) is 12.5. The van der Waals surface area contributed by atoms with Gasteiger partial charge in [-0.1, -0.05) is 25.5 Å². The molecule has 2 heterocycles. The van der Waals surface area contributed by atoms with Crippen LogP contribution in [-0.4, -0.2) is 59.5 Å². The Labute approximate surface area is 156 Å². The van der Waals surface area contributed by atoms with Crippen molar-refractivity contribution in [2.75, 3.05) is 26.7 Å². The first-order valence-corrected chi connectivity index (χ1v) is 9.80. The van der Waals surface area contributed by atoms with Crippen molar-refractivity contribution in [2.45, 2.75) is 51.5 Å². The number of hydrogen-bond donors (Lipinski definition) is 1. The standard InChI is InChI=1S/C21H30N2O3/c1-3-4-6-16-7-9-17(10-8-16)19(24)23-14-12-21(20(25)26)11-5-13-22(2)18(21)15-23/h7-10,18H,3-6,11-15H2,1-2H3,(H,25,26)/t18-,21+/m1/s1. The molecule has 0 radical (unpaired) electrons. The van der Waals surface area contributed by atoms with Crippen LogP contribution in [0.4, 0.5) is 0 Å². The number of benzene rings is 1. The lowest BCUT2D eigenvalue weighted by molar-refractivity contribution is -0.161. The molecule has 1 aromatic rings. The van der Waals surface area contributed by atoms with E-state index >= 15 is 0 Å². The highest BCUT2D eigenvalue weighted by molar-refractivity contribution is 5.94. The number of carbonyl (C=O) groups is 2. The average Bonchev–Trinajstić information content (AvgIpc) is 2.66. The fraction of sp³-hybridized carbons (Fsp3) is 0.619. The Morgan fingerprint density at radius 1 is 1.19 bits per heavy atom. The van der Waals surface area contributed by atoms with Crippen LogP contribution in [0.3, 0.4) is 0 Å². The lowest BCUT2D eigenvalue weighted by atomic mass is 9.68. The minimum Gasteiger partial charge on any atom is -0.481 e. The van der Waals surface area contributed by atoms with Crippen LogP contribution in [0.5, 0.6) is 0 Å². The van der Waals surface area contributed by atoms with Gasteiger partial charge in [-0.05, 0) is 63.4 Å². The number of piperidine rings is 2. The van der Waals surface area contributed by atoms with Gasteiger partial charge in [0.25, 0.3) is 5.91 Å². The first kappa shape index (κ1) is 18.9. The van der Waals surface area contributed by atoms with E-state index in [2.05, 4.69) is 11.8 Å². The van der Waals surface area contributed by atoms with Crippen molar-refractivity contribution in [1.29, 1.82) is 0 Å². The number of aryl methyl sites for hydroxylation is 1. The largest absolute Gasteiger partial charge is 0.481 e. The monoisotopic (exact) mass is 358 g/mol. The van der Waals surface area contributed by atoms with Crippen LogP contribution >= 0.6 is 0 Å². The third-order valence-electron chi connectivity index (χ3n) is 6.26. The minimum atomic E-state index is -0.707. The van der Waals surface area contributed by atoms with Gasteiger partial charge in [0.15, 0.2) is 0 Å². The molecule has 1 amide bonds. The van der Waals surface area contributed by atoms with Crippen molar-refractivity contribution in [1.82, 2.24) is 9.80 Å². The zero-order valence-corrected chi connectivity index (χ0v) is 15.9. The Bertz CT molecular complexity index is 658. The Kier molecular flexibility index (Phi) is 5.66. The van der Waals surface area contributed by atoms with Crippen LogP contribution in [0.2, 0.25) is 0 Å². The van der Waals surface area contributed by atoms with Crippen LogP contribution in [0.25, 0.3) is 0 Å². The highest BCUT2D eigenvalue weighted by Crippen LogP contribution is 2.42. The van der Waals surface area contributed by atoms with Gasteiger partial charge in [-0.3, -0.25) is 9.59 Å². The van der Waals surface area contributed by atoms with E-state index in [0.717, 1.165) is 32.2 Å². The van der Waals surface area contributed by atoms with Crippen LogP contribution in [0.15, 0.2) is 24.3 Å². The summed E-state index contributed by atoms with van der Waals surface area (Å²) in [5, 5.41) is 9.86. The number of rotatable bonds is 5. The highest BCUT2D eigenvalue weighted by Gasteiger charge is 2.52. The van der Waals surface area contributed by atoms with E-state index < -0.39 is 11.4 Å². The van der Waals surface area contributed by atoms with Gasteiger partial charge >= 0.3 is 5.97 Å². The molecule has 2 saturated heterocycles. The molecule has 1 N–H and O–H groups in total. The third-order valence-corrected chi connectivity index (χ3v) is 6.26. The predicted octanol–water partition coefficient (Wildman–Crippen LogP) is 3.04. The number of amides is 1. The molecule has 2 atom stereocenters. The summed E-state index contributed by atoms with van der Waals surface area (Å²) in [5.41, 5.74) is 1.26. The van der Waals surface area contributed by atoms with Crippen molar-refractivity contribution in [3.63, 3.8) is 0 Å². The molecular formula is C21H30N2O3. The maximum absolute atomic E-state index is 12.9. The van der Waals surface area contributed by atoms with E-state index in [4.69, 9.17) is 0 Å². The van der Waals surface area contributed by atoms with Crippen molar-refractivity contribution in [3.8, 4) is 0 Å². The summed E-state index contributed by atoms with van der Waals surface area (Å²) in [6, 6.07) is 7.81. The smallest absolute Gasteiger partial charge is 0.311 e. The van der Waals surface area contributed by atoms with Gasteiger partial charge in [-0.2, -0.15) is 0 Å². The molecule has 1 aromatic carbocycles. The summed E-state index contributed by atoms with van der Waals surface area (Å²) in [7, 11) is 1.98. The molecular weight excluding hydrogens is 328 g/mol. The Morgan fingerprint density at radius 3 is 2.58 bits per heavy atom. The molecule has 0 saturated carbocycles. The minimum absolute atomic E-state index is 0.0185. The summed E-state index contributed by atoms with van der Waals surface area (Å²) in [5.74, 6) is -0.688. The number of likely N-dealkylation sites (tertiary alicyclic amines) is 2. The van der Waals surface area contributed by atoms with E-state index in [1.807, 2.05) is 36.2 Å². The first-order valence-electron chi connectivity index (χ1n) is 9.80. The number of carboxylic acid groups (broad SMARTS) is 1. The summed E-state index contributed by atoms with van der Waals surface area (Å²) in [4.78, 5) is 28.9. The van der Waals surface area contributed by atoms with Gasteiger partial charge in [-0.25, -0.2) is 0 Å². The Balaban J connectivity index is 1.72. The van der Waals surface area contributed by atoms with Crippen LogP contribution in [0.1, 0.15) is 54.9 Å². The number of likely N-dealkylation sites (N-methyl/N-ethyl adjacent to an activating group) is 1. The van der Waals surface area contributed by atoms with E-state index in [1.165, 1.54) is 5.56 Å². The number of fused-ring (bicyclic) bond motifs is 1. The molecule has 0 aliphatic carbocycles. The second-order valence-electron chi connectivity index (χ2n) is 7.86. The van der Waals surface area contributed by atoms with Gasteiger partial charge in [0.2, 0.25) is 0 Å². The van der Waals surface area contributed by atoms with Gasteiger partial charge in [0.05, 0.1) is 5.41 Å². The summed E-state index contributed by atoms with van der Waals surface area (Å²) >= 11 is 0. The predicted molar refractivity (Wildman–Crippen MR) is 101 cm³/mol. The molecule has 0 spiro atoms. The summed E-state index contributed by atoms with van der Waals surface area (Å²) < 4.78 is 0. The van der Waals surface area contributed by atoms with Gasteiger partial charge in [0.1, 0.15) is 0 Å². The number of carbonyl (C=O) groups excluding carboxylic acids is 1. The number of unbranched alkanes of at least 4 members (excludes halogenated alkanes) is 1. The normalized spacial score (nSPS) is 26.4. The second-order valence-corrected chi connectivity index (χ2v) is 7.86. The van der Waals surface area contributed by atoms with Crippen LogP contribution in [-0.2, 0) is 11.2 Å². The maximum Gasteiger partial charge on any atom is 0.311 e. The quantitative estimate of drug-likeness (QED) is 0.879. The van der Waals surface area contributed by atoms with Crippen molar-refractivity contribution < 1.29 is 14.7 Å². The van der Waals surface area contributed by atoms with E-state index in [9.17, 15) is 14.7 Å². The molecule has 2 aliphatic heterocycles. The number of nitrogens with zero attached hydrogens (tertiary/aromatic N) is 2. The molecule has 3 rings (SSSR count). The molecule has 0 bridgehead atoms. The molecule has 5 heteroatoms. The summed E-state index contributed by atoms with van der Waals surface area (Å²) in [6.45, 7) is 4.09. The Morgan fingerprint density at radius 2 is 1.92 bits per heavy atom. The van der Waals surface area contributed by atoms with Crippen LogP contribution < -0.4 is 0 Å². The lowest BCUT2D eigenvalue weighted by Gasteiger charge is -2.51. The number of carboxylic acids is 1. The molecule has 26 heavy (non-hydrogen) atoms. The molecule has 0 aromatic heterocycles. The van der Waals surface area contributed by atoms with E-state index in [0.29, 0.717) is 31.5 Å². The summed E-state index contributed by atoms with van der Waals surface area (Å²) in [6.07, 6.45) is 5.53. The molecule has 2 aliphatic rings. The fourth-order valence-corrected chi connectivity index (χ4v) is 4.55. The van der Waals surface area contributed by atoms with Crippen molar-refractivity contribution >= 4 is 11.9 Å². The van der Waals surface area contributed by atoms with Crippen molar-refractivity contribution in [2.24, 2.45) is 5.41 Å². The lowest BCUT2D eigenvalue weighted by Crippen LogP contribution is -2.63. The van der Waals surface area contributed by atoms with Gasteiger partial charge in [-0.15, -0.1) is 0 Å². The second kappa shape index (κ2) is 7.78. The topological polar surface area (TPSA) is 60.9 Å². The zero-order valence-electron chi connectivity index (χ0n) is 15.9. The van der Waals surface area contributed by atoms with E-state index in [-0.39, 0.29) is 11.9 Å². The fourth-order valence-electron chi connectivity index (χ4n) is 4.55. The van der Waals surface area contributed by atoms with Gasteiger partial charge in [0, 0.05) is 24.7 Å². The molecule has 142 valence electrons. The molecule has 2 fully saturated rings. The maximum atomic E-state index is 12.9.